The van der Waals surface area contributed by atoms with E-state index in [1.54, 1.807) is 18.2 Å². The monoisotopic (exact) mass is 424 g/mol. The summed E-state index contributed by atoms with van der Waals surface area (Å²) in [6, 6.07) is 4.94. The number of rotatable bonds is 9. The number of phenols is 1. The molecule has 2 heterocycles. The van der Waals surface area contributed by atoms with Gasteiger partial charge in [-0.15, -0.1) is 12.4 Å². The predicted octanol–water partition coefficient (Wildman–Crippen LogP) is 2.70. The van der Waals surface area contributed by atoms with E-state index in [0.717, 1.165) is 50.8 Å². The van der Waals surface area contributed by atoms with Crippen LogP contribution in [0.15, 0.2) is 22.7 Å². The molecule has 0 unspecified atom stereocenters. The molecule has 3 rings (SSSR count). The average molecular weight is 425 g/mol. The molecule has 1 aromatic heterocycles. The van der Waals surface area contributed by atoms with Gasteiger partial charge in [0.1, 0.15) is 0 Å². The lowest BCUT2D eigenvalue weighted by molar-refractivity contribution is -0.125. The van der Waals surface area contributed by atoms with Crippen LogP contribution in [0, 0.1) is 5.92 Å². The minimum Gasteiger partial charge on any atom is -0.504 e. The third-order valence-electron chi connectivity index (χ3n) is 4.98. The highest BCUT2D eigenvalue weighted by atomic mass is 35.5. The summed E-state index contributed by atoms with van der Waals surface area (Å²) in [6.07, 6.45) is 5.40. The van der Waals surface area contributed by atoms with Crippen molar-refractivity contribution in [3.8, 4) is 22.9 Å². The molecule has 2 aromatic rings. The van der Waals surface area contributed by atoms with E-state index in [1.807, 2.05) is 0 Å². The lowest BCUT2D eigenvalue weighted by Gasteiger charge is -2.21. The maximum absolute atomic E-state index is 12.1. The van der Waals surface area contributed by atoms with Crippen LogP contribution in [0.4, 0.5) is 0 Å². The fraction of sp³-hybridized carbons (Fsp3) is 0.550. The van der Waals surface area contributed by atoms with Crippen molar-refractivity contribution in [3.63, 3.8) is 0 Å². The molecule has 9 heteroatoms. The number of ether oxygens (including phenoxy) is 1. The number of aromatic hydroxyl groups is 1. The van der Waals surface area contributed by atoms with E-state index >= 15 is 0 Å². The number of benzene rings is 1. The van der Waals surface area contributed by atoms with Gasteiger partial charge in [0.25, 0.3) is 0 Å². The van der Waals surface area contributed by atoms with Gasteiger partial charge < -0.3 is 25.0 Å². The molecule has 0 atom stereocenters. The van der Waals surface area contributed by atoms with E-state index in [2.05, 4.69) is 20.8 Å². The highest BCUT2D eigenvalue weighted by Gasteiger charge is 2.20. The van der Waals surface area contributed by atoms with E-state index < -0.39 is 0 Å². The standard InChI is InChI=1S/C20H28N4O4.ClH/c1-27-17-13-15(6-7-16(17)25)19-23-18(28-24-19)5-3-2-4-10-22-20(26)14-8-11-21-12-9-14;/h6-7,13-14,21,25H,2-5,8-12H2,1H3,(H,22,26);1H. The van der Waals surface area contributed by atoms with Crippen LogP contribution in [-0.4, -0.2) is 47.9 Å². The number of nitrogens with one attached hydrogen (secondary N) is 2. The van der Waals surface area contributed by atoms with Crippen LogP contribution < -0.4 is 15.4 Å². The summed E-state index contributed by atoms with van der Waals surface area (Å²) in [6.45, 7) is 2.58. The fourth-order valence-corrected chi connectivity index (χ4v) is 3.31. The minimum atomic E-state index is 0. The highest BCUT2D eigenvalue weighted by Crippen LogP contribution is 2.30. The zero-order chi connectivity index (χ0) is 19.8. The van der Waals surface area contributed by atoms with Gasteiger partial charge in [-0.25, -0.2) is 0 Å². The molecule has 3 N–H and O–H groups in total. The van der Waals surface area contributed by atoms with E-state index in [4.69, 9.17) is 9.26 Å². The number of phenolic OH excluding ortho intramolecular Hbond substituents is 1. The first kappa shape index (κ1) is 23.0. The summed E-state index contributed by atoms with van der Waals surface area (Å²) in [5.74, 6) is 1.85. The van der Waals surface area contributed by atoms with Crippen molar-refractivity contribution in [2.75, 3.05) is 26.7 Å². The van der Waals surface area contributed by atoms with Crippen LogP contribution in [0.1, 0.15) is 38.0 Å². The maximum Gasteiger partial charge on any atom is 0.226 e. The molecule has 1 aliphatic heterocycles. The first-order valence-electron chi connectivity index (χ1n) is 9.86. The summed E-state index contributed by atoms with van der Waals surface area (Å²) in [4.78, 5) is 16.5. The second-order valence-corrected chi connectivity index (χ2v) is 7.02. The number of aryl methyl sites for hydroxylation is 1. The molecule has 1 aliphatic rings. The number of carbonyl (C=O) groups is 1. The smallest absolute Gasteiger partial charge is 0.226 e. The largest absolute Gasteiger partial charge is 0.504 e. The number of hydrogen-bond acceptors (Lipinski definition) is 7. The Kier molecular flexibility index (Phi) is 9.21. The molecule has 29 heavy (non-hydrogen) atoms. The van der Waals surface area contributed by atoms with Crippen LogP contribution >= 0.6 is 12.4 Å². The van der Waals surface area contributed by atoms with Gasteiger partial charge in [-0.1, -0.05) is 11.6 Å². The zero-order valence-corrected chi connectivity index (χ0v) is 17.5. The first-order valence-corrected chi connectivity index (χ1v) is 9.86. The number of methoxy groups -OCH3 is 1. The SMILES string of the molecule is COc1cc(-c2noc(CCCCCNC(=O)C3CCNCC3)n2)ccc1O.Cl. The molecule has 1 aromatic carbocycles. The van der Waals surface area contributed by atoms with Crippen LogP contribution in [0.5, 0.6) is 11.5 Å². The molecule has 0 spiro atoms. The Morgan fingerprint density at radius 1 is 1.31 bits per heavy atom. The molecule has 1 fully saturated rings. The third-order valence-corrected chi connectivity index (χ3v) is 4.98. The summed E-state index contributed by atoms with van der Waals surface area (Å²) < 4.78 is 10.4. The van der Waals surface area contributed by atoms with E-state index in [-0.39, 0.29) is 30.0 Å². The third kappa shape index (κ3) is 6.61. The molecule has 0 radical (unpaired) electrons. The fourth-order valence-electron chi connectivity index (χ4n) is 3.31. The Balaban J connectivity index is 0.00000300. The molecule has 0 bridgehead atoms. The van der Waals surface area contributed by atoms with Gasteiger partial charge in [-0.2, -0.15) is 4.98 Å². The molecule has 0 saturated carbocycles. The Hall–Kier alpha value is -2.32. The van der Waals surface area contributed by atoms with E-state index in [0.29, 0.717) is 30.4 Å². The summed E-state index contributed by atoms with van der Waals surface area (Å²) in [5.41, 5.74) is 0.727. The number of unbranched alkanes of at least 4 members (excludes halogenated alkanes) is 2. The van der Waals surface area contributed by atoms with E-state index in [1.165, 1.54) is 7.11 Å². The Morgan fingerprint density at radius 2 is 2.10 bits per heavy atom. The molecule has 1 amide bonds. The highest BCUT2D eigenvalue weighted by molar-refractivity contribution is 5.85. The van der Waals surface area contributed by atoms with Crippen LogP contribution in [-0.2, 0) is 11.2 Å². The van der Waals surface area contributed by atoms with Crippen molar-refractivity contribution < 1.29 is 19.2 Å². The number of aromatic nitrogens is 2. The van der Waals surface area contributed by atoms with Crippen molar-refractivity contribution in [2.24, 2.45) is 5.92 Å². The molecule has 0 aliphatic carbocycles. The van der Waals surface area contributed by atoms with Gasteiger partial charge in [0.05, 0.1) is 7.11 Å². The minimum absolute atomic E-state index is 0. The second-order valence-electron chi connectivity index (χ2n) is 7.02. The van der Waals surface area contributed by atoms with Gasteiger partial charge in [-0.3, -0.25) is 4.79 Å². The van der Waals surface area contributed by atoms with Crippen molar-refractivity contribution in [2.45, 2.75) is 38.5 Å². The normalized spacial score (nSPS) is 14.2. The lowest BCUT2D eigenvalue weighted by Crippen LogP contribution is -2.38. The van der Waals surface area contributed by atoms with Crippen molar-refractivity contribution in [1.29, 1.82) is 0 Å². The van der Waals surface area contributed by atoms with Crippen molar-refractivity contribution >= 4 is 18.3 Å². The Labute approximate surface area is 176 Å². The quantitative estimate of drug-likeness (QED) is 0.531. The number of nitrogens with zero attached hydrogens (tertiary/aromatic N) is 2. The summed E-state index contributed by atoms with van der Waals surface area (Å²) in [7, 11) is 1.50. The van der Waals surface area contributed by atoms with Gasteiger partial charge in [-0.05, 0) is 57.0 Å². The van der Waals surface area contributed by atoms with Gasteiger partial charge in [0.15, 0.2) is 11.5 Å². The number of amides is 1. The van der Waals surface area contributed by atoms with Crippen LogP contribution in [0.25, 0.3) is 11.4 Å². The molecule has 160 valence electrons. The van der Waals surface area contributed by atoms with Gasteiger partial charge in [0.2, 0.25) is 17.6 Å². The maximum atomic E-state index is 12.1. The predicted molar refractivity (Wildman–Crippen MR) is 111 cm³/mol. The number of hydrogen-bond donors (Lipinski definition) is 3. The number of piperidine rings is 1. The number of carbonyl (C=O) groups excluding carboxylic acids is 1. The van der Waals surface area contributed by atoms with Gasteiger partial charge >= 0.3 is 0 Å². The van der Waals surface area contributed by atoms with E-state index in [9.17, 15) is 9.90 Å². The van der Waals surface area contributed by atoms with Crippen molar-refractivity contribution in [1.82, 2.24) is 20.8 Å². The summed E-state index contributed by atoms with van der Waals surface area (Å²) >= 11 is 0. The molecule has 8 nitrogen and oxygen atoms in total. The Morgan fingerprint density at radius 3 is 2.86 bits per heavy atom. The molecule has 1 saturated heterocycles. The number of halogens is 1. The topological polar surface area (TPSA) is 110 Å². The van der Waals surface area contributed by atoms with Crippen molar-refractivity contribution in [3.05, 3.63) is 24.1 Å². The van der Waals surface area contributed by atoms with Crippen LogP contribution in [0.2, 0.25) is 0 Å². The first-order chi connectivity index (χ1) is 13.7. The molecular formula is C20H29ClN4O4. The van der Waals surface area contributed by atoms with Crippen LogP contribution in [0.3, 0.4) is 0 Å². The second kappa shape index (κ2) is 11.6. The Bertz CT molecular complexity index is 778. The summed E-state index contributed by atoms with van der Waals surface area (Å²) in [5, 5.41) is 20.0. The van der Waals surface area contributed by atoms with Gasteiger partial charge in [0, 0.05) is 24.4 Å². The zero-order valence-electron chi connectivity index (χ0n) is 16.6. The lowest BCUT2D eigenvalue weighted by atomic mass is 9.97. The molecular weight excluding hydrogens is 396 g/mol. The average Bonchev–Trinajstić information content (AvgIpc) is 3.20.